The van der Waals surface area contributed by atoms with Crippen LogP contribution in [0.3, 0.4) is 0 Å². The Balaban J connectivity index is 2.24. The minimum absolute atomic E-state index is 0.133. The molecule has 2 aromatic heterocycles. The number of nitrogens with two attached hydrogens (primary N) is 1. The largest absolute Gasteiger partial charge is 0.399 e. The van der Waals surface area contributed by atoms with Crippen molar-refractivity contribution in [3.8, 4) is 0 Å². The lowest BCUT2D eigenvalue weighted by Gasteiger charge is -2.17. The molecule has 0 aliphatic rings. The fourth-order valence-corrected chi connectivity index (χ4v) is 3.27. The lowest BCUT2D eigenvalue weighted by atomic mass is 10.2. The van der Waals surface area contributed by atoms with Crippen LogP contribution in [0, 0.1) is 0 Å². The maximum Gasteiger partial charge on any atom is 0.139 e. The molecule has 3 aromatic rings. The first kappa shape index (κ1) is 13.1. The van der Waals surface area contributed by atoms with Crippen LogP contribution in [-0.2, 0) is 0 Å². The molecule has 2 heterocycles. The third kappa shape index (κ3) is 2.09. The smallest absolute Gasteiger partial charge is 0.139 e. The summed E-state index contributed by atoms with van der Waals surface area (Å²) in [5.41, 5.74) is 8.32. The molecule has 2 unspecified atom stereocenters. The van der Waals surface area contributed by atoms with Crippen LogP contribution >= 0.6 is 11.3 Å². The van der Waals surface area contributed by atoms with Crippen molar-refractivity contribution in [1.82, 2.24) is 9.55 Å². The molecule has 0 saturated heterocycles. The Bertz CT molecular complexity index is 731. The molecule has 3 rings (SSSR count). The molecule has 0 spiro atoms. The highest BCUT2D eigenvalue weighted by atomic mass is 32.1. The number of rotatable bonds is 3. The van der Waals surface area contributed by atoms with Gasteiger partial charge in [0.1, 0.15) is 11.9 Å². The number of anilines is 1. The van der Waals surface area contributed by atoms with Gasteiger partial charge < -0.3 is 15.4 Å². The maximum absolute atomic E-state index is 10.0. The van der Waals surface area contributed by atoms with E-state index in [1.165, 1.54) is 4.88 Å². The minimum atomic E-state index is -0.619. The zero-order valence-electron chi connectivity index (χ0n) is 11.4. The quantitative estimate of drug-likeness (QED) is 0.726. The van der Waals surface area contributed by atoms with E-state index in [0.29, 0.717) is 11.5 Å². The van der Waals surface area contributed by atoms with Gasteiger partial charge in [-0.25, -0.2) is 4.98 Å². The van der Waals surface area contributed by atoms with Crippen molar-refractivity contribution in [3.63, 3.8) is 0 Å². The van der Waals surface area contributed by atoms with Gasteiger partial charge in [-0.15, -0.1) is 11.3 Å². The number of thiophene rings is 1. The monoisotopic (exact) mass is 287 g/mol. The predicted octanol–water partition coefficient (Wildman–Crippen LogP) is 3.34. The van der Waals surface area contributed by atoms with Crippen molar-refractivity contribution in [3.05, 3.63) is 46.4 Å². The number of hydrogen-bond acceptors (Lipinski definition) is 4. The number of hydrogen-bond donors (Lipinski definition) is 2. The van der Waals surface area contributed by atoms with Crippen LogP contribution in [0.5, 0.6) is 0 Å². The highest BCUT2D eigenvalue weighted by Gasteiger charge is 2.20. The van der Waals surface area contributed by atoms with Crippen LogP contribution < -0.4 is 5.73 Å². The molecule has 0 radical (unpaired) electrons. The van der Waals surface area contributed by atoms with Gasteiger partial charge in [-0.2, -0.15) is 0 Å². The van der Waals surface area contributed by atoms with Crippen LogP contribution in [0.2, 0.25) is 0 Å². The van der Waals surface area contributed by atoms with Crippen molar-refractivity contribution >= 4 is 28.1 Å². The van der Waals surface area contributed by atoms with E-state index in [1.807, 2.05) is 24.3 Å². The summed E-state index contributed by atoms with van der Waals surface area (Å²) in [6.07, 6.45) is -0.619. The van der Waals surface area contributed by atoms with Crippen LogP contribution in [-0.4, -0.2) is 14.7 Å². The number of fused-ring (bicyclic) bond motifs is 1. The van der Waals surface area contributed by atoms with Crippen LogP contribution in [0.25, 0.3) is 11.0 Å². The van der Waals surface area contributed by atoms with Gasteiger partial charge in [0, 0.05) is 10.6 Å². The third-order valence-electron chi connectivity index (χ3n) is 3.46. The second kappa shape index (κ2) is 4.92. The first-order valence-electron chi connectivity index (χ1n) is 6.56. The minimum Gasteiger partial charge on any atom is -0.399 e. The summed E-state index contributed by atoms with van der Waals surface area (Å²) in [4.78, 5) is 5.78. The van der Waals surface area contributed by atoms with Gasteiger partial charge in [-0.05, 0) is 43.5 Å². The number of aliphatic hydroxyl groups excluding tert-OH is 1. The summed E-state index contributed by atoms with van der Waals surface area (Å²) in [6.45, 7) is 3.86. The lowest BCUT2D eigenvalue weighted by molar-refractivity contribution is 0.183. The van der Waals surface area contributed by atoms with Crippen LogP contribution in [0.1, 0.15) is 36.7 Å². The average Bonchev–Trinajstić information content (AvgIpc) is 3.04. The Labute approximate surface area is 121 Å². The highest BCUT2D eigenvalue weighted by Crippen LogP contribution is 2.31. The van der Waals surface area contributed by atoms with Crippen molar-refractivity contribution < 1.29 is 5.11 Å². The van der Waals surface area contributed by atoms with Gasteiger partial charge in [-0.1, -0.05) is 6.07 Å². The summed E-state index contributed by atoms with van der Waals surface area (Å²) < 4.78 is 2.09. The molecule has 0 amide bonds. The number of nitrogens with zero attached hydrogens (tertiary/aromatic N) is 2. The van der Waals surface area contributed by atoms with E-state index in [2.05, 4.69) is 27.9 Å². The molecule has 1 aromatic carbocycles. The highest BCUT2D eigenvalue weighted by molar-refractivity contribution is 7.10. The van der Waals surface area contributed by atoms with E-state index in [4.69, 9.17) is 5.73 Å². The average molecular weight is 287 g/mol. The van der Waals surface area contributed by atoms with Crippen molar-refractivity contribution in [2.24, 2.45) is 0 Å². The predicted molar refractivity (Wildman–Crippen MR) is 82.9 cm³/mol. The second-order valence-electron chi connectivity index (χ2n) is 4.96. The fourth-order valence-electron chi connectivity index (χ4n) is 2.49. The van der Waals surface area contributed by atoms with Crippen molar-refractivity contribution in [1.29, 1.82) is 0 Å². The molecule has 0 aliphatic heterocycles. The molecule has 20 heavy (non-hydrogen) atoms. The summed E-state index contributed by atoms with van der Waals surface area (Å²) in [5.74, 6) is 0.673. The molecule has 3 N–H and O–H groups in total. The van der Waals surface area contributed by atoms with Crippen LogP contribution in [0.15, 0.2) is 35.7 Å². The van der Waals surface area contributed by atoms with E-state index in [0.717, 1.165) is 11.0 Å². The lowest BCUT2D eigenvalue weighted by Crippen LogP contribution is -2.11. The molecule has 5 heteroatoms. The summed E-state index contributed by atoms with van der Waals surface area (Å²) >= 11 is 1.71. The first-order valence-corrected chi connectivity index (χ1v) is 7.44. The fraction of sp³-hybridized carbons (Fsp3) is 0.267. The number of benzene rings is 1. The van der Waals surface area contributed by atoms with Gasteiger partial charge >= 0.3 is 0 Å². The first-order chi connectivity index (χ1) is 9.58. The van der Waals surface area contributed by atoms with E-state index in [9.17, 15) is 5.11 Å². The Morgan fingerprint density at radius 2 is 2.10 bits per heavy atom. The number of nitrogen functional groups attached to an aromatic ring is 1. The third-order valence-corrected chi connectivity index (χ3v) is 4.50. The van der Waals surface area contributed by atoms with E-state index < -0.39 is 6.10 Å². The molecule has 0 bridgehead atoms. The zero-order valence-corrected chi connectivity index (χ0v) is 12.3. The van der Waals surface area contributed by atoms with Crippen molar-refractivity contribution in [2.45, 2.75) is 26.0 Å². The second-order valence-corrected chi connectivity index (χ2v) is 5.93. The number of aromatic nitrogens is 2. The van der Waals surface area contributed by atoms with Gasteiger partial charge in [0.2, 0.25) is 0 Å². The summed E-state index contributed by atoms with van der Waals surface area (Å²) in [6, 6.07) is 9.95. The molecule has 4 nitrogen and oxygen atoms in total. The zero-order chi connectivity index (χ0) is 14.3. The summed E-state index contributed by atoms with van der Waals surface area (Å²) in [5, 5.41) is 12.1. The Hall–Kier alpha value is -1.85. The molecular weight excluding hydrogens is 270 g/mol. The van der Waals surface area contributed by atoms with E-state index in [1.54, 1.807) is 18.3 Å². The van der Waals surface area contributed by atoms with Crippen LogP contribution in [0.4, 0.5) is 5.69 Å². The molecule has 0 aliphatic carbocycles. The SMILES string of the molecule is CC(O)c1nc2cc(N)ccc2n1C(C)c1cccs1. The molecule has 104 valence electrons. The van der Waals surface area contributed by atoms with Gasteiger partial charge in [0.15, 0.2) is 0 Å². The number of imidazole rings is 1. The maximum atomic E-state index is 10.0. The molecule has 0 saturated carbocycles. The molecule has 2 atom stereocenters. The van der Waals surface area contributed by atoms with Gasteiger partial charge in [0.05, 0.1) is 17.1 Å². The van der Waals surface area contributed by atoms with Crippen molar-refractivity contribution in [2.75, 3.05) is 5.73 Å². The Kier molecular flexibility index (Phi) is 3.23. The number of aliphatic hydroxyl groups is 1. The summed E-state index contributed by atoms with van der Waals surface area (Å²) in [7, 11) is 0. The molecular formula is C15H17N3OS. The normalized spacial score (nSPS) is 14.6. The van der Waals surface area contributed by atoms with Gasteiger partial charge in [-0.3, -0.25) is 0 Å². The Morgan fingerprint density at radius 3 is 2.75 bits per heavy atom. The topological polar surface area (TPSA) is 64.1 Å². The Morgan fingerprint density at radius 1 is 1.30 bits per heavy atom. The van der Waals surface area contributed by atoms with Gasteiger partial charge in [0.25, 0.3) is 0 Å². The standard InChI is InChI=1S/C15H17N3OS/c1-9(14-4-3-7-20-14)18-13-6-5-11(16)8-12(13)17-15(18)10(2)19/h3-10,19H,16H2,1-2H3. The molecule has 0 fully saturated rings. The van der Waals surface area contributed by atoms with E-state index >= 15 is 0 Å². The van der Waals surface area contributed by atoms with E-state index in [-0.39, 0.29) is 6.04 Å².